The van der Waals surface area contributed by atoms with E-state index in [1.54, 1.807) is 37.4 Å². The van der Waals surface area contributed by atoms with Gasteiger partial charge in [-0.05, 0) is 47.9 Å². The maximum atomic E-state index is 13.1. The summed E-state index contributed by atoms with van der Waals surface area (Å²) in [5.74, 6) is -0.0522. The third kappa shape index (κ3) is 6.31. The van der Waals surface area contributed by atoms with Crippen LogP contribution in [0, 0.1) is 6.92 Å². The zero-order valence-electron chi connectivity index (χ0n) is 17.3. The number of rotatable bonds is 8. The van der Waals surface area contributed by atoms with Gasteiger partial charge in [-0.25, -0.2) is 5.43 Å². The lowest BCUT2D eigenvalue weighted by Crippen LogP contribution is -2.45. The Morgan fingerprint density at radius 2 is 1.71 bits per heavy atom. The molecule has 0 aromatic heterocycles. The maximum Gasteiger partial charge on any atom is 0.247 e. The third-order valence-corrected chi connectivity index (χ3v) is 4.89. The average molecular weight is 438 g/mol. The second kappa shape index (κ2) is 10.6. The number of anilines is 1. The quantitative estimate of drug-likeness (QED) is 0.461. The van der Waals surface area contributed by atoms with Gasteiger partial charge in [0.1, 0.15) is 11.8 Å². The molecule has 3 aromatic rings. The second-order valence-electron chi connectivity index (χ2n) is 7.03. The van der Waals surface area contributed by atoms with Crippen LogP contribution in [0.4, 0.5) is 5.69 Å². The van der Waals surface area contributed by atoms with Crippen LogP contribution in [0.25, 0.3) is 0 Å². The van der Waals surface area contributed by atoms with Crippen LogP contribution in [-0.2, 0) is 16.0 Å². The third-order valence-electron chi connectivity index (χ3n) is 4.64. The van der Waals surface area contributed by atoms with Crippen molar-refractivity contribution in [2.75, 3.05) is 12.4 Å². The van der Waals surface area contributed by atoms with Crippen molar-refractivity contribution in [2.45, 2.75) is 19.4 Å². The number of hydrogen-bond donors (Lipinski definition) is 3. The van der Waals surface area contributed by atoms with Crippen LogP contribution in [0.5, 0.6) is 5.75 Å². The number of carbonyl (C=O) groups excluding carboxylic acids is 2. The van der Waals surface area contributed by atoms with Crippen LogP contribution in [-0.4, -0.2) is 18.9 Å². The van der Waals surface area contributed by atoms with Gasteiger partial charge in [0.25, 0.3) is 0 Å². The summed E-state index contributed by atoms with van der Waals surface area (Å²) >= 11 is 5.89. The molecule has 1 unspecified atom stereocenters. The molecule has 0 radical (unpaired) electrons. The topological polar surface area (TPSA) is 79.5 Å². The molecule has 2 amide bonds. The van der Waals surface area contributed by atoms with Gasteiger partial charge in [0.15, 0.2) is 0 Å². The van der Waals surface area contributed by atoms with Gasteiger partial charge in [-0.2, -0.15) is 0 Å². The number of aryl methyl sites for hydroxylation is 1. The van der Waals surface area contributed by atoms with Crippen molar-refractivity contribution < 1.29 is 14.3 Å². The number of nitrogens with one attached hydrogen (secondary N) is 3. The molecule has 0 bridgehead atoms. The molecule has 0 saturated carbocycles. The van der Waals surface area contributed by atoms with Crippen molar-refractivity contribution in [3.63, 3.8) is 0 Å². The lowest BCUT2D eigenvalue weighted by Gasteiger charge is -2.20. The summed E-state index contributed by atoms with van der Waals surface area (Å²) in [6.07, 6.45) is 0.152. The molecular weight excluding hydrogens is 414 g/mol. The Morgan fingerprint density at radius 3 is 2.39 bits per heavy atom. The largest absolute Gasteiger partial charge is 0.495 e. The first-order chi connectivity index (χ1) is 15.0. The van der Waals surface area contributed by atoms with Gasteiger partial charge in [-0.3, -0.25) is 15.0 Å². The maximum absolute atomic E-state index is 13.1. The highest BCUT2D eigenvalue weighted by Gasteiger charge is 2.22. The molecule has 1 atom stereocenters. The van der Waals surface area contributed by atoms with Crippen molar-refractivity contribution in [2.24, 2.45) is 0 Å². The highest BCUT2D eigenvalue weighted by Crippen LogP contribution is 2.26. The predicted molar refractivity (Wildman–Crippen MR) is 122 cm³/mol. The molecule has 3 rings (SSSR count). The van der Waals surface area contributed by atoms with Crippen molar-refractivity contribution in [3.05, 3.63) is 94.5 Å². The Morgan fingerprint density at radius 1 is 1.00 bits per heavy atom. The van der Waals surface area contributed by atoms with Crippen LogP contribution in [0.1, 0.15) is 22.7 Å². The number of halogens is 1. The molecule has 160 valence electrons. The van der Waals surface area contributed by atoms with Crippen molar-refractivity contribution >= 4 is 29.1 Å². The molecule has 7 heteroatoms. The van der Waals surface area contributed by atoms with Gasteiger partial charge in [-0.15, -0.1) is 0 Å². The van der Waals surface area contributed by atoms with Gasteiger partial charge in [-0.1, -0.05) is 60.1 Å². The Kier molecular flexibility index (Phi) is 7.65. The minimum Gasteiger partial charge on any atom is -0.495 e. The van der Waals surface area contributed by atoms with E-state index in [4.69, 9.17) is 16.3 Å². The number of methoxy groups -OCH3 is 1. The van der Waals surface area contributed by atoms with E-state index in [9.17, 15) is 9.59 Å². The molecule has 0 fully saturated rings. The Labute approximate surface area is 186 Å². The molecule has 3 N–H and O–H groups in total. The summed E-state index contributed by atoms with van der Waals surface area (Å²) < 4.78 is 5.35. The van der Waals surface area contributed by atoms with Crippen LogP contribution < -0.4 is 20.9 Å². The Bertz CT molecular complexity index is 1040. The van der Waals surface area contributed by atoms with E-state index in [0.717, 1.165) is 11.1 Å². The minimum atomic E-state index is -0.805. The standard InChI is InChI=1S/C24H24ClN3O3/c1-16-8-13-21(31-2)20(14-16)26-24(30)23(18-6-4-3-5-7-18)28-27-22(29)15-17-9-11-19(25)12-10-17/h3-14,23,28H,15H2,1-2H3,(H,26,30)(H,27,29). The molecule has 0 aliphatic heterocycles. The average Bonchev–Trinajstić information content (AvgIpc) is 2.76. The monoisotopic (exact) mass is 437 g/mol. The smallest absolute Gasteiger partial charge is 0.247 e. The first-order valence-corrected chi connectivity index (χ1v) is 10.1. The number of benzene rings is 3. The number of hydrazine groups is 1. The molecule has 0 heterocycles. The van der Waals surface area contributed by atoms with E-state index in [0.29, 0.717) is 22.0 Å². The molecule has 0 spiro atoms. The first kappa shape index (κ1) is 22.3. The van der Waals surface area contributed by atoms with Gasteiger partial charge >= 0.3 is 0 Å². The Balaban J connectivity index is 1.72. The molecule has 6 nitrogen and oxygen atoms in total. The summed E-state index contributed by atoms with van der Waals surface area (Å²) in [6.45, 7) is 1.93. The molecule has 0 saturated heterocycles. The molecule has 3 aromatic carbocycles. The normalized spacial score (nSPS) is 11.5. The number of amides is 2. The Hall–Kier alpha value is -3.35. The van der Waals surface area contributed by atoms with E-state index in [1.165, 1.54) is 0 Å². The fraction of sp³-hybridized carbons (Fsp3) is 0.167. The van der Waals surface area contributed by atoms with Crippen LogP contribution in [0.15, 0.2) is 72.8 Å². The fourth-order valence-corrected chi connectivity index (χ4v) is 3.18. The van der Waals surface area contributed by atoms with Gasteiger partial charge < -0.3 is 10.1 Å². The zero-order chi connectivity index (χ0) is 22.2. The van der Waals surface area contributed by atoms with Crippen LogP contribution in [0.2, 0.25) is 5.02 Å². The van der Waals surface area contributed by atoms with Gasteiger partial charge in [0, 0.05) is 5.02 Å². The highest BCUT2D eigenvalue weighted by atomic mass is 35.5. The van der Waals surface area contributed by atoms with Crippen LogP contribution >= 0.6 is 11.6 Å². The van der Waals surface area contributed by atoms with Crippen LogP contribution in [0.3, 0.4) is 0 Å². The summed E-state index contributed by atoms with van der Waals surface area (Å²) in [4.78, 5) is 25.5. The van der Waals surface area contributed by atoms with E-state index in [2.05, 4.69) is 16.2 Å². The number of ether oxygens (including phenoxy) is 1. The summed E-state index contributed by atoms with van der Waals surface area (Å²) in [7, 11) is 1.55. The van der Waals surface area contributed by atoms with Gasteiger partial charge in [0.05, 0.1) is 19.2 Å². The lowest BCUT2D eigenvalue weighted by molar-refractivity contribution is -0.123. The highest BCUT2D eigenvalue weighted by molar-refractivity contribution is 6.30. The molecule has 31 heavy (non-hydrogen) atoms. The number of hydrogen-bond acceptors (Lipinski definition) is 4. The lowest BCUT2D eigenvalue weighted by atomic mass is 10.1. The zero-order valence-corrected chi connectivity index (χ0v) is 18.1. The molecular formula is C24H24ClN3O3. The van der Waals surface area contributed by atoms with Crippen molar-refractivity contribution in [3.8, 4) is 5.75 Å². The van der Waals surface area contributed by atoms with E-state index in [1.807, 2.05) is 49.4 Å². The van der Waals surface area contributed by atoms with E-state index in [-0.39, 0.29) is 18.2 Å². The second-order valence-corrected chi connectivity index (χ2v) is 7.47. The molecule has 0 aliphatic carbocycles. The number of carbonyl (C=O) groups is 2. The predicted octanol–water partition coefficient (Wildman–Crippen LogP) is 4.20. The minimum absolute atomic E-state index is 0.152. The van der Waals surface area contributed by atoms with E-state index >= 15 is 0 Å². The van der Waals surface area contributed by atoms with Crippen molar-refractivity contribution in [1.29, 1.82) is 0 Å². The first-order valence-electron chi connectivity index (χ1n) is 9.75. The fourth-order valence-electron chi connectivity index (χ4n) is 3.05. The summed E-state index contributed by atoms with van der Waals surface area (Å²) in [5, 5.41) is 3.49. The van der Waals surface area contributed by atoms with Crippen molar-refractivity contribution in [1.82, 2.24) is 10.9 Å². The summed E-state index contributed by atoms with van der Waals surface area (Å²) in [5.41, 5.74) is 8.56. The van der Waals surface area contributed by atoms with Gasteiger partial charge in [0.2, 0.25) is 11.8 Å². The SMILES string of the molecule is COc1ccc(C)cc1NC(=O)C(NNC(=O)Cc1ccc(Cl)cc1)c1ccccc1. The van der Waals surface area contributed by atoms with E-state index < -0.39 is 6.04 Å². The summed E-state index contributed by atoms with van der Waals surface area (Å²) in [6, 6.07) is 20.9. The molecule has 0 aliphatic rings.